The third-order valence-corrected chi connectivity index (χ3v) is 4.57. The van der Waals surface area contributed by atoms with E-state index in [0.29, 0.717) is 11.6 Å². The average molecular weight is 349 g/mol. The Morgan fingerprint density at radius 2 is 2.05 bits per heavy atom. The molecule has 0 saturated carbocycles. The second-order valence-corrected chi connectivity index (χ2v) is 5.81. The van der Waals surface area contributed by atoms with Gasteiger partial charge in [-0.15, -0.1) is 0 Å². The first kappa shape index (κ1) is 13.4. The number of carbonyl (C=O) groups is 1. The lowest BCUT2D eigenvalue weighted by Crippen LogP contribution is -2.12. The second-order valence-electron chi connectivity index (χ2n) is 4.58. The molecule has 4 heteroatoms. The van der Waals surface area contributed by atoms with E-state index in [9.17, 15) is 4.79 Å². The molecule has 1 N–H and O–H groups in total. The van der Waals surface area contributed by atoms with Crippen LogP contribution in [0.4, 0.5) is 0 Å². The van der Waals surface area contributed by atoms with Crippen molar-refractivity contribution in [2.75, 3.05) is 0 Å². The minimum Gasteiger partial charge on any atom is -0.348 e. The van der Waals surface area contributed by atoms with Crippen molar-refractivity contribution in [3.63, 3.8) is 0 Å². The standard InChI is InChI=1S/C16H11BrClNO/c17-14-3-1-2-11(15(14)18)6-4-10-5-7-12-9-19-16(20)13(12)8-10/h1-8H,9H2,(H,19,20). The fourth-order valence-electron chi connectivity index (χ4n) is 2.17. The molecule has 0 unspecified atom stereocenters. The summed E-state index contributed by atoms with van der Waals surface area (Å²) < 4.78 is 0.870. The van der Waals surface area contributed by atoms with Crippen LogP contribution in [-0.4, -0.2) is 5.91 Å². The van der Waals surface area contributed by atoms with Gasteiger partial charge in [-0.25, -0.2) is 0 Å². The molecule has 1 aliphatic rings. The van der Waals surface area contributed by atoms with Gasteiger partial charge in [-0.2, -0.15) is 0 Å². The number of halogens is 2. The van der Waals surface area contributed by atoms with Gasteiger partial charge in [-0.1, -0.05) is 48.0 Å². The zero-order chi connectivity index (χ0) is 14.1. The summed E-state index contributed by atoms with van der Waals surface area (Å²) >= 11 is 9.62. The van der Waals surface area contributed by atoms with Crippen molar-refractivity contribution in [2.45, 2.75) is 6.54 Å². The van der Waals surface area contributed by atoms with Crippen molar-refractivity contribution in [1.82, 2.24) is 5.32 Å². The van der Waals surface area contributed by atoms with E-state index in [4.69, 9.17) is 11.6 Å². The summed E-state index contributed by atoms with van der Waals surface area (Å²) in [7, 11) is 0. The highest BCUT2D eigenvalue weighted by Crippen LogP contribution is 2.27. The first-order valence-electron chi connectivity index (χ1n) is 6.18. The fourth-order valence-corrected chi connectivity index (χ4v) is 2.74. The summed E-state index contributed by atoms with van der Waals surface area (Å²) in [5.74, 6) is -0.00395. The molecule has 0 aliphatic carbocycles. The van der Waals surface area contributed by atoms with Crippen molar-refractivity contribution in [3.8, 4) is 0 Å². The van der Waals surface area contributed by atoms with Crippen molar-refractivity contribution < 1.29 is 4.79 Å². The Morgan fingerprint density at radius 1 is 1.20 bits per heavy atom. The maximum atomic E-state index is 11.6. The second kappa shape index (κ2) is 5.43. The normalized spacial score (nSPS) is 13.6. The molecule has 0 aromatic heterocycles. The number of benzene rings is 2. The molecule has 1 aliphatic heterocycles. The van der Waals surface area contributed by atoms with E-state index in [1.807, 2.05) is 48.6 Å². The predicted octanol–water partition coefficient (Wildman–Crippen LogP) is 4.52. The van der Waals surface area contributed by atoms with Crippen LogP contribution in [0.15, 0.2) is 40.9 Å². The molecule has 20 heavy (non-hydrogen) atoms. The van der Waals surface area contributed by atoms with Crippen LogP contribution in [0.5, 0.6) is 0 Å². The summed E-state index contributed by atoms with van der Waals surface area (Å²) in [6, 6.07) is 11.7. The molecule has 0 spiro atoms. The van der Waals surface area contributed by atoms with Gasteiger partial charge in [0.2, 0.25) is 0 Å². The van der Waals surface area contributed by atoms with Gasteiger partial charge in [-0.3, -0.25) is 4.79 Å². The van der Waals surface area contributed by atoms with Gasteiger partial charge in [-0.05, 0) is 44.8 Å². The van der Waals surface area contributed by atoms with Crippen molar-refractivity contribution in [2.24, 2.45) is 0 Å². The summed E-state index contributed by atoms with van der Waals surface area (Å²) in [6.07, 6.45) is 3.90. The summed E-state index contributed by atoms with van der Waals surface area (Å²) in [6.45, 7) is 0.621. The molecular formula is C16H11BrClNO. The minimum absolute atomic E-state index is 0.00395. The van der Waals surface area contributed by atoms with E-state index in [1.165, 1.54) is 0 Å². The predicted molar refractivity (Wildman–Crippen MR) is 85.7 cm³/mol. The summed E-state index contributed by atoms with van der Waals surface area (Å²) in [5, 5.41) is 3.50. The van der Waals surface area contributed by atoms with Crippen LogP contribution in [0, 0.1) is 0 Å². The first-order chi connectivity index (χ1) is 9.65. The molecule has 2 aromatic rings. The Balaban J connectivity index is 1.92. The van der Waals surface area contributed by atoms with Crippen molar-refractivity contribution in [1.29, 1.82) is 0 Å². The maximum Gasteiger partial charge on any atom is 0.251 e. The average Bonchev–Trinajstić information content (AvgIpc) is 2.82. The fraction of sp³-hybridized carbons (Fsp3) is 0.0625. The van der Waals surface area contributed by atoms with E-state index in [0.717, 1.165) is 26.7 Å². The number of hydrogen-bond donors (Lipinski definition) is 1. The van der Waals surface area contributed by atoms with E-state index in [-0.39, 0.29) is 5.91 Å². The van der Waals surface area contributed by atoms with Gasteiger partial charge < -0.3 is 5.32 Å². The smallest absolute Gasteiger partial charge is 0.251 e. The van der Waals surface area contributed by atoms with Crippen LogP contribution < -0.4 is 5.32 Å². The highest BCUT2D eigenvalue weighted by atomic mass is 79.9. The molecule has 0 fully saturated rings. The lowest BCUT2D eigenvalue weighted by atomic mass is 10.0. The number of carbonyl (C=O) groups excluding carboxylic acids is 1. The third kappa shape index (κ3) is 2.51. The van der Waals surface area contributed by atoms with Crippen LogP contribution in [0.25, 0.3) is 12.2 Å². The zero-order valence-electron chi connectivity index (χ0n) is 10.5. The van der Waals surface area contributed by atoms with Crippen LogP contribution in [0.1, 0.15) is 27.0 Å². The summed E-state index contributed by atoms with van der Waals surface area (Å²) in [5.41, 5.74) is 3.72. The van der Waals surface area contributed by atoms with Gasteiger partial charge in [0.25, 0.3) is 5.91 Å². The monoisotopic (exact) mass is 347 g/mol. The molecule has 1 amide bonds. The number of hydrogen-bond acceptors (Lipinski definition) is 1. The molecular weight excluding hydrogens is 338 g/mol. The molecule has 0 radical (unpaired) electrons. The topological polar surface area (TPSA) is 29.1 Å². The lowest BCUT2D eigenvalue weighted by molar-refractivity contribution is 0.0965. The van der Waals surface area contributed by atoms with Gasteiger partial charge in [0.15, 0.2) is 0 Å². The lowest BCUT2D eigenvalue weighted by Gasteiger charge is -2.01. The van der Waals surface area contributed by atoms with Crippen molar-refractivity contribution >= 4 is 45.6 Å². The van der Waals surface area contributed by atoms with E-state index >= 15 is 0 Å². The molecule has 2 aromatic carbocycles. The Hall–Kier alpha value is -1.58. The van der Waals surface area contributed by atoms with Crippen LogP contribution >= 0.6 is 27.5 Å². The molecule has 2 nitrogen and oxygen atoms in total. The first-order valence-corrected chi connectivity index (χ1v) is 7.35. The highest BCUT2D eigenvalue weighted by molar-refractivity contribution is 9.10. The Kier molecular flexibility index (Phi) is 3.64. The Labute approximate surface area is 130 Å². The molecule has 0 atom stereocenters. The number of fused-ring (bicyclic) bond motifs is 1. The maximum absolute atomic E-state index is 11.6. The number of rotatable bonds is 2. The van der Waals surface area contributed by atoms with Gasteiger partial charge >= 0.3 is 0 Å². The summed E-state index contributed by atoms with van der Waals surface area (Å²) in [4.78, 5) is 11.6. The van der Waals surface area contributed by atoms with E-state index < -0.39 is 0 Å². The number of nitrogens with one attached hydrogen (secondary N) is 1. The van der Waals surface area contributed by atoms with Crippen LogP contribution in [0.2, 0.25) is 5.02 Å². The van der Waals surface area contributed by atoms with E-state index in [1.54, 1.807) is 0 Å². The molecule has 1 heterocycles. The Morgan fingerprint density at radius 3 is 2.90 bits per heavy atom. The Bertz CT molecular complexity index is 724. The van der Waals surface area contributed by atoms with E-state index in [2.05, 4.69) is 21.2 Å². The largest absolute Gasteiger partial charge is 0.348 e. The van der Waals surface area contributed by atoms with Crippen LogP contribution in [-0.2, 0) is 6.54 Å². The van der Waals surface area contributed by atoms with Gasteiger partial charge in [0.1, 0.15) is 0 Å². The minimum atomic E-state index is -0.00395. The molecule has 0 saturated heterocycles. The van der Waals surface area contributed by atoms with Crippen molar-refractivity contribution in [3.05, 3.63) is 68.1 Å². The van der Waals surface area contributed by atoms with Gasteiger partial charge in [0.05, 0.1) is 5.02 Å². The van der Waals surface area contributed by atoms with Gasteiger partial charge in [0, 0.05) is 16.6 Å². The SMILES string of the molecule is O=C1NCc2ccc(C=Cc3cccc(Br)c3Cl)cc21. The zero-order valence-corrected chi connectivity index (χ0v) is 12.8. The quantitative estimate of drug-likeness (QED) is 0.795. The highest BCUT2D eigenvalue weighted by Gasteiger charge is 2.17. The molecule has 3 rings (SSSR count). The molecule has 100 valence electrons. The van der Waals surface area contributed by atoms with Crippen LogP contribution in [0.3, 0.4) is 0 Å². The molecule has 0 bridgehead atoms. The number of amides is 1. The third-order valence-electron chi connectivity index (χ3n) is 3.25.